The molecule has 0 aromatic heterocycles. The second-order valence-corrected chi connectivity index (χ2v) is 7.53. The molecule has 1 aliphatic heterocycles. The number of nitrogens with zero attached hydrogens (tertiary/aromatic N) is 1. The summed E-state index contributed by atoms with van der Waals surface area (Å²) in [6.07, 6.45) is 1.13. The SMILES string of the molecule is Cc1cccc(C)c1NC(=S)N1CCC[NH+](Cc2ccccc2Cl)C1. The van der Waals surface area contributed by atoms with Gasteiger partial charge < -0.3 is 15.1 Å². The predicted octanol–water partition coefficient (Wildman–Crippen LogP) is 3.40. The van der Waals surface area contributed by atoms with Gasteiger partial charge in [-0.25, -0.2) is 0 Å². The number of para-hydroxylation sites is 1. The highest BCUT2D eigenvalue weighted by molar-refractivity contribution is 7.80. The van der Waals surface area contributed by atoms with E-state index in [-0.39, 0.29) is 0 Å². The van der Waals surface area contributed by atoms with Crippen LogP contribution in [0.4, 0.5) is 5.69 Å². The highest BCUT2D eigenvalue weighted by Gasteiger charge is 2.23. The van der Waals surface area contributed by atoms with Crippen molar-refractivity contribution < 1.29 is 4.90 Å². The van der Waals surface area contributed by atoms with Crippen LogP contribution in [0, 0.1) is 13.8 Å². The molecule has 1 heterocycles. The van der Waals surface area contributed by atoms with E-state index in [1.807, 2.05) is 12.1 Å². The molecular weight excluding hydrogens is 350 g/mol. The number of quaternary nitrogens is 1. The molecule has 0 amide bonds. The Bertz CT molecular complexity index is 742. The maximum atomic E-state index is 6.32. The lowest BCUT2D eigenvalue weighted by Gasteiger charge is -2.35. The zero-order chi connectivity index (χ0) is 17.8. The average Bonchev–Trinajstić information content (AvgIpc) is 2.60. The lowest BCUT2D eigenvalue weighted by atomic mass is 10.1. The molecule has 1 unspecified atom stereocenters. The maximum Gasteiger partial charge on any atom is 0.177 e. The molecule has 25 heavy (non-hydrogen) atoms. The molecule has 1 saturated heterocycles. The molecule has 1 aliphatic rings. The highest BCUT2D eigenvalue weighted by atomic mass is 35.5. The minimum atomic E-state index is 0.814. The molecule has 2 N–H and O–H groups in total. The van der Waals surface area contributed by atoms with Crippen LogP contribution in [-0.4, -0.2) is 29.8 Å². The first-order valence-electron chi connectivity index (χ1n) is 8.73. The number of thiocarbonyl (C=S) groups is 1. The molecule has 1 fully saturated rings. The molecular formula is C20H25ClN3S+. The van der Waals surface area contributed by atoms with E-state index in [0.717, 1.165) is 48.5 Å². The number of anilines is 1. The largest absolute Gasteiger partial charge is 0.332 e. The van der Waals surface area contributed by atoms with Crippen LogP contribution in [0.5, 0.6) is 0 Å². The number of halogens is 1. The second kappa shape index (κ2) is 8.17. The Kier molecular flexibility index (Phi) is 5.94. The Balaban J connectivity index is 1.65. The smallest absolute Gasteiger partial charge is 0.177 e. The molecule has 5 heteroatoms. The zero-order valence-electron chi connectivity index (χ0n) is 14.8. The number of nitrogens with one attached hydrogen (secondary N) is 2. The van der Waals surface area contributed by atoms with Gasteiger partial charge >= 0.3 is 0 Å². The van der Waals surface area contributed by atoms with Crippen molar-refractivity contribution in [2.75, 3.05) is 25.1 Å². The van der Waals surface area contributed by atoms with Crippen molar-refractivity contribution in [3.05, 3.63) is 64.2 Å². The lowest BCUT2D eigenvalue weighted by molar-refractivity contribution is -0.927. The van der Waals surface area contributed by atoms with Gasteiger partial charge in [-0.3, -0.25) is 0 Å². The van der Waals surface area contributed by atoms with E-state index >= 15 is 0 Å². The van der Waals surface area contributed by atoms with Gasteiger partial charge in [-0.15, -0.1) is 0 Å². The van der Waals surface area contributed by atoms with Crippen molar-refractivity contribution in [2.24, 2.45) is 0 Å². The fourth-order valence-corrected chi connectivity index (χ4v) is 3.83. The first kappa shape index (κ1) is 18.2. The maximum absolute atomic E-state index is 6.32. The van der Waals surface area contributed by atoms with E-state index in [4.69, 9.17) is 23.8 Å². The Morgan fingerprint density at radius 2 is 1.88 bits per heavy atom. The first-order chi connectivity index (χ1) is 12.0. The van der Waals surface area contributed by atoms with E-state index < -0.39 is 0 Å². The third kappa shape index (κ3) is 4.51. The molecule has 3 rings (SSSR count). The molecule has 132 valence electrons. The summed E-state index contributed by atoms with van der Waals surface area (Å²) in [5.74, 6) is 0. The topological polar surface area (TPSA) is 19.7 Å². The zero-order valence-corrected chi connectivity index (χ0v) is 16.4. The summed E-state index contributed by atoms with van der Waals surface area (Å²) in [7, 11) is 0. The van der Waals surface area contributed by atoms with Gasteiger partial charge in [0, 0.05) is 29.2 Å². The fourth-order valence-electron chi connectivity index (χ4n) is 3.37. The van der Waals surface area contributed by atoms with Gasteiger partial charge in [-0.1, -0.05) is 48.0 Å². The van der Waals surface area contributed by atoms with Crippen LogP contribution < -0.4 is 10.2 Å². The summed E-state index contributed by atoms with van der Waals surface area (Å²) in [6.45, 7) is 8.22. The highest BCUT2D eigenvalue weighted by Crippen LogP contribution is 2.20. The third-order valence-corrected chi connectivity index (χ3v) is 5.50. The van der Waals surface area contributed by atoms with Crippen LogP contribution in [0.15, 0.2) is 42.5 Å². The molecule has 3 nitrogen and oxygen atoms in total. The summed E-state index contributed by atoms with van der Waals surface area (Å²) in [4.78, 5) is 3.77. The molecule has 0 radical (unpaired) electrons. The monoisotopic (exact) mass is 374 g/mol. The van der Waals surface area contributed by atoms with Gasteiger partial charge in [0.05, 0.1) is 6.54 Å². The summed E-state index contributed by atoms with van der Waals surface area (Å²) in [6, 6.07) is 14.4. The van der Waals surface area contributed by atoms with Crippen molar-refractivity contribution >= 4 is 34.6 Å². The van der Waals surface area contributed by atoms with Crippen molar-refractivity contribution in [3.63, 3.8) is 0 Å². The molecule has 2 aromatic rings. The number of benzene rings is 2. The molecule has 0 bridgehead atoms. The van der Waals surface area contributed by atoms with Crippen molar-refractivity contribution in [1.29, 1.82) is 0 Å². The molecule has 0 spiro atoms. The molecule has 0 saturated carbocycles. The second-order valence-electron chi connectivity index (χ2n) is 6.74. The Morgan fingerprint density at radius 1 is 1.16 bits per heavy atom. The Hall–Kier alpha value is -1.62. The summed E-state index contributed by atoms with van der Waals surface area (Å²) in [5.41, 5.74) is 4.78. The van der Waals surface area contributed by atoms with Crippen LogP contribution in [0.2, 0.25) is 5.02 Å². The average molecular weight is 375 g/mol. The predicted molar refractivity (Wildman–Crippen MR) is 109 cm³/mol. The minimum absolute atomic E-state index is 0.814. The summed E-state index contributed by atoms with van der Waals surface area (Å²) in [5, 5.41) is 5.13. The van der Waals surface area contributed by atoms with Gasteiger partial charge in [0.2, 0.25) is 0 Å². The number of rotatable bonds is 3. The molecule has 1 atom stereocenters. The van der Waals surface area contributed by atoms with Crippen LogP contribution in [0.3, 0.4) is 0 Å². The fraction of sp³-hybridized carbons (Fsp3) is 0.350. The van der Waals surface area contributed by atoms with Crippen LogP contribution in [0.25, 0.3) is 0 Å². The Morgan fingerprint density at radius 3 is 2.60 bits per heavy atom. The lowest BCUT2D eigenvalue weighted by Crippen LogP contribution is -3.13. The van der Waals surface area contributed by atoms with E-state index in [0.29, 0.717) is 0 Å². The summed E-state index contributed by atoms with van der Waals surface area (Å²) >= 11 is 12.0. The van der Waals surface area contributed by atoms with Gasteiger partial charge in [0.15, 0.2) is 11.8 Å². The normalized spacial score (nSPS) is 17.4. The van der Waals surface area contributed by atoms with E-state index in [2.05, 4.69) is 54.4 Å². The van der Waals surface area contributed by atoms with Crippen molar-refractivity contribution in [3.8, 4) is 0 Å². The summed E-state index contributed by atoms with van der Waals surface area (Å²) < 4.78 is 0. The standard InChI is InChI=1S/C20H24ClN3S/c1-15-7-5-8-16(2)19(15)22-20(25)24-12-6-11-23(14-24)13-17-9-3-4-10-18(17)21/h3-5,7-10H,6,11-14H2,1-2H3,(H,22,25)/p+1. The van der Waals surface area contributed by atoms with E-state index in [1.165, 1.54) is 21.6 Å². The van der Waals surface area contributed by atoms with Gasteiger partial charge in [0.25, 0.3) is 0 Å². The first-order valence-corrected chi connectivity index (χ1v) is 9.52. The van der Waals surface area contributed by atoms with Crippen molar-refractivity contribution in [1.82, 2.24) is 4.90 Å². The van der Waals surface area contributed by atoms with Crippen LogP contribution in [0.1, 0.15) is 23.1 Å². The van der Waals surface area contributed by atoms with Gasteiger partial charge in [-0.05, 0) is 43.3 Å². The minimum Gasteiger partial charge on any atom is -0.332 e. The number of hydrogen-bond acceptors (Lipinski definition) is 1. The quantitative estimate of drug-likeness (QED) is 0.803. The third-order valence-electron chi connectivity index (χ3n) is 4.77. The van der Waals surface area contributed by atoms with Crippen LogP contribution in [-0.2, 0) is 6.54 Å². The molecule has 2 aromatic carbocycles. The van der Waals surface area contributed by atoms with Crippen molar-refractivity contribution in [2.45, 2.75) is 26.8 Å². The number of hydrogen-bond donors (Lipinski definition) is 2. The van der Waals surface area contributed by atoms with Crippen LogP contribution >= 0.6 is 23.8 Å². The number of aryl methyl sites for hydroxylation is 2. The van der Waals surface area contributed by atoms with E-state index in [1.54, 1.807) is 0 Å². The van der Waals surface area contributed by atoms with Gasteiger partial charge in [0.1, 0.15) is 6.54 Å². The van der Waals surface area contributed by atoms with E-state index in [9.17, 15) is 0 Å². The molecule has 0 aliphatic carbocycles. The van der Waals surface area contributed by atoms with Gasteiger partial charge in [-0.2, -0.15) is 0 Å². The Labute approximate surface area is 160 Å².